The molecule has 1 N–H and O–H groups in total. The van der Waals surface area contributed by atoms with Gasteiger partial charge in [-0.2, -0.15) is 0 Å². The number of rotatable bonds is 7. The van der Waals surface area contributed by atoms with E-state index >= 15 is 0 Å². The lowest BCUT2D eigenvalue weighted by atomic mass is 10.1. The van der Waals surface area contributed by atoms with Gasteiger partial charge < -0.3 is 5.32 Å². The first kappa shape index (κ1) is 14.5. The van der Waals surface area contributed by atoms with E-state index in [1.54, 1.807) is 0 Å². The molecule has 0 bridgehead atoms. The summed E-state index contributed by atoms with van der Waals surface area (Å²) in [5.41, 5.74) is 0. The molecule has 1 rings (SSSR count). The van der Waals surface area contributed by atoms with Gasteiger partial charge >= 0.3 is 0 Å². The average molecular weight is 259 g/mol. The van der Waals surface area contributed by atoms with Gasteiger partial charge in [0, 0.05) is 17.2 Å². The zero-order chi connectivity index (χ0) is 12.7. The van der Waals surface area contributed by atoms with E-state index in [4.69, 9.17) is 0 Å². The Morgan fingerprint density at radius 3 is 2.71 bits per heavy atom. The van der Waals surface area contributed by atoms with Crippen LogP contribution in [0.3, 0.4) is 0 Å². The Bertz CT molecular complexity index is 342. The van der Waals surface area contributed by atoms with Crippen LogP contribution in [0.1, 0.15) is 20.3 Å². The van der Waals surface area contributed by atoms with Gasteiger partial charge in [-0.05, 0) is 37.1 Å². The van der Waals surface area contributed by atoms with Gasteiger partial charge in [0.15, 0.2) is 0 Å². The van der Waals surface area contributed by atoms with E-state index in [0.29, 0.717) is 10.8 Å². The number of thioether (sulfide) groups is 1. The molecule has 0 heterocycles. The van der Waals surface area contributed by atoms with E-state index in [2.05, 4.69) is 19.2 Å². The van der Waals surface area contributed by atoms with Crippen LogP contribution >= 0.6 is 11.8 Å². The lowest BCUT2D eigenvalue weighted by molar-refractivity contribution is 0.547. The van der Waals surface area contributed by atoms with Crippen LogP contribution in [0.25, 0.3) is 0 Å². The molecule has 0 saturated heterocycles. The Morgan fingerprint density at radius 2 is 2.00 bits per heavy atom. The summed E-state index contributed by atoms with van der Waals surface area (Å²) in [6, 6.07) is 3.55. The molecule has 96 valence electrons. The minimum atomic E-state index is -0.387. The average Bonchev–Trinajstić information content (AvgIpc) is 2.27. The van der Waals surface area contributed by atoms with Gasteiger partial charge in [-0.15, -0.1) is 11.8 Å². The zero-order valence-electron chi connectivity index (χ0n) is 10.3. The van der Waals surface area contributed by atoms with Crippen molar-refractivity contribution in [1.82, 2.24) is 5.32 Å². The topological polar surface area (TPSA) is 12.0 Å². The van der Waals surface area contributed by atoms with Crippen molar-refractivity contribution in [1.29, 1.82) is 0 Å². The van der Waals surface area contributed by atoms with E-state index in [1.807, 2.05) is 0 Å². The van der Waals surface area contributed by atoms with Crippen molar-refractivity contribution < 1.29 is 8.78 Å². The summed E-state index contributed by atoms with van der Waals surface area (Å²) in [5, 5.41) is 3.28. The van der Waals surface area contributed by atoms with Crippen molar-refractivity contribution >= 4 is 11.8 Å². The molecule has 0 atom stereocenters. The van der Waals surface area contributed by atoms with E-state index in [-0.39, 0.29) is 11.6 Å². The maximum absolute atomic E-state index is 13.2. The summed E-state index contributed by atoms with van der Waals surface area (Å²) in [6.45, 7) is 6.15. The standard InChI is InChI=1S/C13H19F2NS/c1-10(2)5-6-16-7-8-17-13-9-11(14)3-4-12(13)15/h3-4,9-10,16H,5-8H2,1-2H3. The normalized spacial score (nSPS) is 11.1. The molecule has 0 spiro atoms. The van der Waals surface area contributed by atoms with Gasteiger partial charge in [-0.25, -0.2) is 8.78 Å². The molecule has 1 aromatic carbocycles. The number of hydrogen-bond acceptors (Lipinski definition) is 2. The summed E-state index contributed by atoms with van der Waals surface area (Å²) >= 11 is 1.34. The molecule has 0 aliphatic rings. The van der Waals surface area contributed by atoms with Crippen molar-refractivity contribution in [2.24, 2.45) is 5.92 Å². The molecule has 4 heteroatoms. The number of hydrogen-bond donors (Lipinski definition) is 1. The smallest absolute Gasteiger partial charge is 0.136 e. The Balaban J connectivity index is 2.20. The predicted molar refractivity (Wildman–Crippen MR) is 69.4 cm³/mol. The Hall–Kier alpha value is -0.610. The first-order valence-electron chi connectivity index (χ1n) is 5.88. The summed E-state index contributed by atoms with van der Waals surface area (Å²) in [5.74, 6) is 0.703. The second-order valence-electron chi connectivity index (χ2n) is 4.36. The molecule has 0 aromatic heterocycles. The fourth-order valence-electron chi connectivity index (χ4n) is 1.34. The van der Waals surface area contributed by atoms with E-state index in [0.717, 1.165) is 31.3 Å². The first-order valence-corrected chi connectivity index (χ1v) is 6.86. The molecule has 0 radical (unpaired) electrons. The predicted octanol–water partition coefficient (Wildman–Crippen LogP) is 3.69. The van der Waals surface area contributed by atoms with E-state index < -0.39 is 0 Å². The van der Waals surface area contributed by atoms with E-state index in [9.17, 15) is 8.78 Å². The minimum Gasteiger partial charge on any atom is -0.316 e. The molecule has 17 heavy (non-hydrogen) atoms. The van der Waals surface area contributed by atoms with E-state index in [1.165, 1.54) is 23.9 Å². The largest absolute Gasteiger partial charge is 0.316 e. The van der Waals surface area contributed by atoms with Crippen LogP contribution in [0, 0.1) is 17.6 Å². The molecule has 0 aliphatic carbocycles. The van der Waals surface area contributed by atoms with Crippen molar-refractivity contribution in [3.8, 4) is 0 Å². The van der Waals surface area contributed by atoms with Crippen molar-refractivity contribution in [3.63, 3.8) is 0 Å². The zero-order valence-corrected chi connectivity index (χ0v) is 11.1. The van der Waals surface area contributed by atoms with Crippen LogP contribution in [-0.4, -0.2) is 18.8 Å². The monoisotopic (exact) mass is 259 g/mol. The van der Waals surface area contributed by atoms with Crippen molar-refractivity contribution in [2.75, 3.05) is 18.8 Å². The summed E-state index contributed by atoms with van der Waals surface area (Å²) in [4.78, 5) is 0.385. The molecule has 1 nitrogen and oxygen atoms in total. The molecule has 0 aliphatic heterocycles. The Kier molecular flexibility index (Phi) is 6.52. The molecule has 0 unspecified atom stereocenters. The van der Waals surface area contributed by atoms with Crippen LogP contribution in [0.5, 0.6) is 0 Å². The van der Waals surface area contributed by atoms with Crippen LogP contribution < -0.4 is 5.32 Å². The lowest BCUT2D eigenvalue weighted by Crippen LogP contribution is -2.19. The summed E-state index contributed by atoms with van der Waals surface area (Å²) in [6.07, 6.45) is 1.14. The van der Waals surface area contributed by atoms with Crippen LogP contribution in [-0.2, 0) is 0 Å². The fraction of sp³-hybridized carbons (Fsp3) is 0.538. The third-order valence-corrected chi connectivity index (χ3v) is 3.36. The number of benzene rings is 1. The van der Waals surface area contributed by atoms with Crippen molar-refractivity contribution in [2.45, 2.75) is 25.2 Å². The highest BCUT2D eigenvalue weighted by Gasteiger charge is 2.03. The maximum Gasteiger partial charge on any atom is 0.136 e. The van der Waals surface area contributed by atoms with Gasteiger partial charge in [0.25, 0.3) is 0 Å². The van der Waals surface area contributed by atoms with Gasteiger partial charge in [0.1, 0.15) is 11.6 Å². The highest BCUT2D eigenvalue weighted by Crippen LogP contribution is 2.21. The van der Waals surface area contributed by atoms with Crippen molar-refractivity contribution in [3.05, 3.63) is 29.8 Å². The summed E-state index contributed by atoms with van der Waals surface area (Å²) < 4.78 is 26.1. The lowest BCUT2D eigenvalue weighted by Gasteiger charge is -2.07. The molecule has 0 fully saturated rings. The molecule has 0 amide bonds. The van der Waals surface area contributed by atoms with Crippen LogP contribution in [0.4, 0.5) is 8.78 Å². The highest BCUT2D eigenvalue weighted by atomic mass is 32.2. The molecular formula is C13H19F2NS. The van der Waals surface area contributed by atoms with Gasteiger partial charge in [0.2, 0.25) is 0 Å². The maximum atomic E-state index is 13.2. The number of nitrogens with one attached hydrogen (secondary N) is 1. The SMILES string of the molecule is CC(C)CCNCCSc1cc(F)ccc1F. The number of halogens is 2. The Labute approximate surface area is 106 Å². The fourth-order valence-corrected chi connectivity index (χ4v) is 2.20. The molecule has 0 saturated carbocycles. The van der Waals surface area contributed by atoms with Gasteiger partial charge in [0.05, 0.1) is 0 Å². The second kappa shape index (κ2) is 7.67. The highest BCUT2D eigenvalue weighted by molar-refractivity contribution is 7.99. The van der Waals surface area contributed by atoms with Gasteiger partial charge in [-0.3, -0.25) is 0 Å². The second-order valence-corrected chi connectivity index (χ2v) is 5.49. The minimum absolute atomic E-state index is 0.349. The molecular weight excluding hydrogens is 240 g/mol. The third kappa shape index (κ3) is 6.03. The van der Waals surface area contributed by atoms with Gasteiger partial charge in [-0.1, -0.05) is 13.8 Å². The first-order chi connectivity index (χ1) is 8.09. The third-order valence-electron chi connectivity index (χ3n) is 2.33. The quantitative estimate of drug-likeness (QED) is 0.592. The van der Waals surface area contributed by atoms with Crippen LogP contribution in [0.2, 0.25) is 0 Å². The Morgan fingerprint density at radius 1 is 1.24 bits per heavy atom. The molecule has 1 aromatic rings. The summed E-state index contributed by atoms with van der Waals surface area (Å²) in [7, 11) is 0. The van der Waals surface area contributed by atoms with Crippen LogP contribution in [0.15, 0.2) is 23.1 Å².